The average Bonchev–Trinajstić information content (AvgIpc) is 2.79. The molecule has 1 aromatic carbocycles. The number of rotatable bonds is 5. The van der Waals surface area contributed by atoms with E-state index < -0.39 is 8.80 Å². The first-order valence-electron chi connectivity index (χ1n) is 10.9. The molecule has 0 aliphatic heterocycles. The van der Waals surface area contributed by atoms with E-state index >= 15 is 0 Å². The van der Waals surface area contributed by atoms with Crippen LogP contribution in [0.5, 0.6) is 0 Å². The Balaban J connectivity index is 2.26. The predicted octanol–water partition coefficient (Wildman–Crippen LogP) is 7.10. The van der Waals surface area contributed by atoms with Crippen LogP contribution < -0.4 is 5.19 Å². The summed E-state index contributed by atoms with van der Waals surface area (Å²) in [6, 6.07) is 7.36. The molecule has 2 aliphatic rings. The number of benzene rings is 1. The van der Waals surface area contributed by atoms with Gasteiger partial charge in [0.25, 0.3) is 0 Å². The van der Waals surface area contributed by atoms with Crippen molar-refractivity contribution in [1.82, 2.24) is 0 Å². The summed E-state index contributed by atoms with van der Waals surface area (Å²) in [7, 11) is -1.42. The lowest BCUT2D eigenvalue weighted by molar-refractivity contribution is 0.482. The lowest BCUT2D eigenvalue weighted by atomic mass is 9.90. The topological polar surface area (TPSA) is 0 Å². The van der Waals surface area contributed by atoms with Crippen LogP contribution in [0.3, 0.4) is 0 Å². The zero-order valence-electron chi connectivity index (χ0n) is 19.2. The minimum absolute atomic E-state index is 0.307. The molecular weight excluding hydrogens is 352 g/mol. The Morgan fingerprint density at radius 2 is 1.46 bits per heavy atom. The second kappa shape index (κ2) is 8.03. The largest absolute Gasteiger partial charge is 0.0924 e. The van der Waals surface area contributed by atoms with E-state index in [9.17, 15) is 0 Å². The van der Waals surface area contributed by atoms with Crippen LogP contribution in [0.4, 0.5) is 0 Å². The Morgan fingerprint density at radius 1 is 0.893 bits per heavy atom. The van der Waals surface area contributed by atoms with Crippen molar-refractivity contribution in [3.05, 3.63) is 75.9 Å². The van der Waals surface area contributed by atoms with E-state index in [-0.39, 0.29) is 0 Å². The van der Waals surface area contributed by atoms with E-state index in [1.807, 2.05) is 0 Å². The lowest BCUT2D eigenvalue weighted by Crippen LogP contribution is -2.47. The van der Waals surface area contributed by atoms with Gasteiger partial charge in [0.15, 0.2) is 0 Å². The molecule has 0 aromatic heterocycles. The molecule has 1 aromatic rings. The monoisotopic (exact) mass is 390 g/mol. The second-order valence-electron chi connectivity index (χ2n) is 9.81. The molecule has 0 fully saturated rings. The minimum atomic E-state index is -1.42. The minimum Gasteiger partial charge on any atom is -0.0840 e. The van der Waals surface area contributed by atoms with Gasteiger partial charge in [-0.2, -0.15) is 0 Å². The molecule has 0 spiro atoms. The third-order valence-corrected chi connectivity index (χ3v) is 11.8. The van der Waals surface area contributed by atoms with Gasteiger partial charge in [0.05, 0.1) is 8.80 Å². The van der Waals surface area contributed by atoms with Gasteiger partial charge in [-0.05, 0) is 82.0 Å². The van der Waals surface area contributed by atoms with Crippen LogP contribution in [0.25, 0.3) is 0 Å². The molecule has 3 rings (SSSR count). The van der Waals surface area contributed by atoms with Crippen molar-refractivity contribution in [2.24, 2.45) is 5.92 Å². The third kappa shape index (κ3) is 3.79. The lowest BCUT2D eigenvalue weighted by Gasteiger charge is -2.44. The highest BCUT2D eigenvalue weighted by molar-refractivity contribution is 6.79. The zero-order chi connectivity index (χ0) is 20.6. The van der Waals surface area contributed by atoms with Crippen molar-refractivity contribution in [3.8, 4) is 0 Å². The second-order valence-corrected chi connectivity index (χ2v) is 13.3. The van der Waals surface area contributed by atoms with Crippen LogP contribution in [0.2, 0.25) is 10.6 Å². The number of aryl methyl sites for hydroxylation is 2. The maximum Gasteiger partial charge on any atom is 0.0924 e. The van der Waals surface area contributed by atoms with E-state index in [2.05, 4.69) is 97.9 Å². The molecule has 28 heavy (non-hydrogen) atoms. The molecule has 2 unspecified atom stereocenters. The highest BCUT2D eigenvalue weighted by Gasteiger charge is 2.46. The summed E-state index contributed by atoms with van der Waals surface area (Å²) in [4.78, 5) is 0. The molecule has 0 bridgehead atoms. The molecule has 150 valence electrons. The van der Waals surface area contributed by atoms with Crippen LogP contribution in [0, 0.1) is 19.8 Å². The number of hydrogen-bond acceptors (Lipinski definition) is 0. The maximum atomic E-state index is 2.60. The van der Waals surface area contributed by atoms with Gasteiger partial charge in [-0.25, -0.2) is 0 Å². The van der Waals surface area contributed by atoms with E-state index in [4.69, 9.17) is 0 Å². The fourth-order valence-corrected chi connectivity index (χ4v) is 11.4. The molecule has 0 N–H and O–H groups in total. The highest BCUT2D eigenvalue weighted by Crippen LogP contribution is 2.54. The van der Waals surface area contributed by atoms with Gasteiger partial charge in [0, 0.05) is 0 Å². The van der Waals surface area contributed by atoms with Crippen LogP contribution in [-0.2, 0) is 0 Å². The van der Waals surface area contributed by atoms with Crippen molar-refractivity contribution >= 4 is 14.0 Å². The van der Waals surface area contributed by atoms with Crippen molar-refractivity contribution in [2.75, 3.05) is 0 Å². The van der Waals surface area contributed by atoms with Crippen molar-refractivity contribution in [3.63, 3.8) is 0 Å². The smallest absolute Gasteiger partial charge is 0.0840 e. The van der Waals surface area contributed by atoms with Crippen LogP contribution in [-0.4, -0.2) is 8.80 Å². The summed E-state index contributed by atoms with van der Waals surface area (Å²) >= 11 is 0. The van der Waals surface area contributed by atoms with Gasteiger partial charge in [-0.3, -0.25) is 0 Å². The fraction of sp³-hybridized carbons (Fsp3) is 0.481. The number of hydrogen-bond donors (Lipinski definition) is 0. The Kier molecular flexibility index (Phi) is 6.05. The van der Waals surface area contributed by atoms with Crippen molar-refractivity contribution in [2.45, 2.75) is 78.8 Å². The van der Waals surface area contributed by atoms with Gasteiger partial charge in [0.1, 0.15) is 0 Å². The molecule has 1 heteroatoms. The van der Waals surface area contributed by atoms with E-state index in [1.54, 1.807) is 27.5 Å². The normalized spacial score (nSPS) is 24.0. The first-order valence-corrected chi connectivity index (χ1v) is 12.8. The van der Waals surface area contributed by atoms with Crippen LogP contribution >= 0.6 is 0 Å². The van der Waals surface area contributed by atoms with Crippen LogP contribution in [0.1, 0.15) is 65.5 Å². The SMILES string of the molecule is CC1=C(C)C([SiH](c2cc(C)cc(C)c2)C2(CC(C)C)C=CC=CC2)C(C)=C1C. The molecule has 0 saturated carbocycles. The number of allylic oxidation sites excluding steroid dienone is 8. The average molecular weight is 391 g/mol. The first kappa shape index (κ1) is 21.1. The Hall–Kier alpha value is -1.60. The van der Waals surface area contributed by atoms with Gasteiger partial charge < -0.3 is 0 Å². The molecule has 2 aliphatic carbocycles. The zero-order valence-corrected chi connectivity index (χ0v) is 20.3. The fourth-order valence-electron chi connectivity index (χ4n) is 5.88. The van der Waals surface area contributed by atoms with E-state index in [0.29, 0.717) is 16.5 Å². The maximum absolute atomic E-state index is 2.60. The quantitative estimate of drug-likeness (QED) is 0.470. The molecule has 0 amide bonds. The molecular formula is C27H38Si. The summed E-state index contributed by atoms with van der Waals surface area (Å²) in [6.07, 6.45) is 12.1. The molecule has 2 atom stereocenters. The summed E-state index contributed by atoms with van der Waals surface area (Å²) in [5, 5.41) is 1.96. The summed E-state index contributed by atoms with van der Waals surface area (Å²) in [5.74, 6) is 0.703. The third-order valence-electron chi connectivity index (χ3n) is 7.20. The predicted molar refractivity (Wildman–Crippen MR) is 128 cm³/mol. The summed E-state index contributed by atoms with van der Waals surface area (Å²) in [5.41, 5.74) is 9.82. The van der Waals surface area contributed by atoms with Crippen molar-refractivity contribution in [1.29, 1.82) is 0 Å². The van der Waals surface area contributed by atoms with Gasteiger partial charge in [-0.1, -0.05) is 83.8 Å². The summed E-state index contributed by atoms with van der Waals surface area (Å²) in [6.45, 7) is 18.8. The first-order chi connectivity index (χ1) is 13.2. The van der Waals surface area contributed by atoms with Crippen LogP contribution in [0.15, 0.2) is 64.8 Å². The summed E-state index contributed by atoms with van der Waals surface area (Å²) < 4.78 is 0. The van der Waals surface area contributed by atoms with E-state index in [1.165, 1.54) is 24.0 Å². The Labute approximate surface area is 174 Å². The Bertz CT molecular complexity index is 833. The van der Waals surface area contributed by atoms with Gasteiger partial charge in [-0.15, -0.1) is 0 Å². The standard InChI is InChI=1S/C27H38Si/c1-18(2)17-27(12-10-9-11-13-27)28(25-15-19(3)14-20(4)16-25)26-23(7)21(5)22(6)24(26)8/h9-12,14-16,18,26,28H,13,17H2,1-8H3. The van der Waals surface area contributed by atoms with E-state index in [0.717, 1.165) is 0 Å². The Morgan fingerprint density at radius 3 is 1.93 bits per heavy atom. The molecule has 0 radical (unpaired) electrons. The van der Waals surface area contributed by atoms with Gasteiger partial charge >= 0.3 is 0 Å². The molecule has 0 nitrogen and oxygen atoms in total. The van der Waals surface area contributed by atoms with Crippen molar-refractivity contribution < 1.29 is 0 Å². The molecule has 0 heterocycles. The highest BCUT2D eigenvalue weighted by atomic mass is 28.3. The van der Waals surface area contributed by atoms with Gasteiger partial charge in [0.2, 0.25) is 0 Å². The molecule has 0 saturated heterocycles.